The molecule has 3 aromatic rings. The van der Waals surface area contributed by atoms with Gasteiger partial charge < -0.3 is 25.5 Å². The second kappa shape index (κ2) is 10.9. The van der Waals surface area contributed by atoms with Crippen LogP contribution >= 0.6 is 0 Å². The van der Waals surface area contributed by atoms with Crippen LogP contribution in [0.3, 0.4) is 0 Å². The van der Waals surface area contributed by atoms with Gasteiger partial charge in [0, 0.05) is 73.2 Å². The summed E-state index contributed by atoms with van der Waals surface area (Å²) in [6, 6.07) is 15.2. The van der Waals surface area contributed by atoms with Gasteiger partial charge in [0.2, 0.25) is 0 Å². The standard InChI is InChI=1S/C27H30N4O3/c1-3-18-14-19(5-7-24(18)27(32)31-21-9-12-33-13-10-21)26-16-23(8-11-30-26)34-22-6-4-20(17-28)25(15-22)29-2/h4-8,11,14-17,21,28-29H,3,9-10,12-13H2,1-2H3,(H,31,32). The van der Waals surface area contributed by atoms with Crippen LogP contribution in [-0.4, -0.2) is 43.4 Å². The van der Waals surface area contributed by atoms with Crippen LogP contribution in [0.4, 0.5) is 5.69 Å². The fourth-order valence-corrected chi connectivity index (χ4v) is 4.08. The third-order valence-electron chi connectivity index (χ3n) is 6.00. The van der Waals surface area contributed by atoms with Crippen molar-refractivity contribution in [3.63, 3.8) is 0 Å². The van der Waals surface area contributed by atoms with Crippen LogP contribution in [0.25, 0.3) is 11.3 Å². The molecule has 0 bridgehead atoms. The summed E-state index contributed by atoms with van der Waals surface area (Å²) in [5.41, 5.74) is 5.00. The lowest BCUT2D eigenvalue weighted by molar-refractivity contribution is 0.0696. The number of carbonyl (C=O) groups excluding carboxylic acids is 1. The molecule has 1 aliphatic rings. The number of anilines is 1. The summed E-state index contributed by atoms with van der Waals surface area (Å²) in [5.74, 6) is 1.30. The van der Waals surface area contributed by atoms with Gasteiger partial charge in [-0.15, -0.1) is 0 Å². The van der Waals surface area contributed by atoms with Gasteiger partial charge in [-0.05, 0) is 55.2 Å². The molecule has 176 valence electrons. The summed E-state index contributed by atoms with van der Waals surface area (Å²) < 4.78 is 11.4. The molecule has 2 aromatic carbocycles. The van der Waals surface area contributed by atoms with Gasteiger partial charge in [-0.3, -0.25) is 9.78 Å². The van der Waals surface area contributed by atoms with Gasteiger partial charge in [-0.2, -0.15) is 0 Å². The minimum Gasteiger partial charge on any atom is -0.457 e. The number of amides is 1. The molecule has 7 heteroatoms. The van der Waals surface area contributed by atoms with Crippen molar-refractivity contribution < 1.29 is 14.3 Å². The Morgan fingerprint density at radius 3 is 2.68 bits per heavy atom. The molecule has 0 saturated carbocycles. The van der Waals surface area contributed by atoms with E-state index in [0.29, 0.717) is 30.3 Å². The Morgan fingerprint density at radius 1 is 1.15 bits per heavy atom. The first-order valence-corrected chi connectivity index (χ1v) is 11.6. The van der Waals surface area contributed by atoms with Crippen molar-refractivity contribution in [3.8, 4) is 22.8 Å². The molecule has 0 radical (unpaired) electrons. The van der Waals surface area contributed by atoms with Crippen molar-refractivity contribution in [1.82, 2.24) is 10.3 Å². The zero-order valence-corrected chi connectivity index (χ0v) is 19.6. The van der Waals surface area contributed by atoms with E-state index in [1.54, 1.807) is 6.20 Å². The van der Waals surface area contributed by atoms with E-state index in [-0.39, 0.29) is 11.9 Å². The van der Waals surface area contributed by atoms with Crippen molar-refractivity contribution in [3.05, 3.63) is 71.4 Å². The monoisotopic (exact) mass is 458 g/mol. The molecule has 1 amide bonds. The van der Waals surface area contributed by atoms with Gasteiger partial charge in [0.1, 0.15) is 11.5 Å². The third-order valence-corrected chi connectivity index (χ3v) is 6.00. The predicted molar refractivity (Wildman–Crippen MR) is 134 cm³/mol. The number of nitrogens with zero attached hydrogens (tertiary/aromatic N) is 1. The Kier molecular flexibility index (Phi) is 7.54. The van der Waals surface area contributed by atoms with E-state index in [2.05, 4.69) is 22.5 Å². The molecule has 1 aliphatic heterocycles. The molecule has 34 heavy (non-hydrogen) atoms. The number of carbonyl (C=O) groups is 1. The van der Waals surface area contributed by atoms with Crippen molar-refractivity contribution >= 4 is 17.8 Å². The second-order valence-electron chi connectivity index (χ2n) is 8.21. The van der Waals surface area contributed by atoms with Crippen LogP contribution in [-0.2, 0) is 11.2 Å². The van der Waals surface area contributed by atoms with E-state index in [9.17, 15) is 4.79 Å². The molecule has 7 nitrogen and oxygen atoms in total. The molecule has 1 fully saturated rings. The maximum absolute atomic E-state index is 12.9. The average molecular weight is 459 g/mol. The van der Waals surface area contributed by atoms with E-state index in [1.807, 2.05) is 55.6 Å². The molecular weight excluding hydrogens is 428 g/mol. The van der Waals surface area contributed by atoms with Crippen molar-refractivity contribution in [2.45, 2.75) is 32.2 Å². The maximum atomic E-state index is 12.9. The molecule has 0 spiro atoms. The topological polar surface area (TPSA) is 96.3 Å². The zero-order chi connectivity index (χ0) is 23.9. The van der Waals surface area contributed by atoms with Crippen molar-refractivity contribution in [1.29, 1.82) is 5.41 Å². The van der Waals surface area contributed by atoms with E-state index < -0.39 is 0 Å². The Bertz CT molecular complexity index is 1170. The molecule has 0 atom stereocenters. The second-order valence-corrected chi connectivity index (χ2v) is 8.21. The summed E-state index contributed by atoms with van der Waals surface area (Å²) in [4.78, 5) is 17.4. The first-order chi connectivity index (χ1) is 16.6. The van der Waals surface area contributed by atoms with E-state index >= 15 is 0 Å². The predicted octanol–water partition coefficient (Wildman–Crippen LogP) is 5.05. The van der Waals surface area contributed by atoms with Gasteiger partial charge in [0.25, 0.3) is 5.91 Å². The van der Waals surface area contributed by atoms with Gasteiger partial charge in [-0.1, -0.05) is 13.0 Å². The highest BCUT2D eigenvalue weighted by Crippen LogP contribution is 2.29. The van der Waals surface area contributed by atoms with Crippen LogP contribution in [0, 0.1) is 5.41 Å². The number of rotatable bonds is 8. The highest BCUT2D eigenvalue weighted by molar-refractivity contribution is 5.96. The lowest BCUT2D eigenvalue weighted by Gasteiger charge is -2.23. The van der Waals surface area contributed by atoms with Crippen molar-refractivity contribution in [2.24, 2.45) is 0 Å². The maximum Gasteiger partial charge on any atom is 0.251 e. The van der Waals surface area contributed by atoms with Crippen LogP contribution < -0.4 is 15.4 Å². The van der Waals surface area contributed by atoms with E-state index in [4.69, 9.17) is 14.9 Å². The summed E-state index contributed by atoms with van der Waals surface area (Å²) in [6.07, 6.45) is 5.46. The Balaban J connectivity index is 1.53. The number of ether oxygens (including phenoxy) is 2. The minimum atomic E-state index is -0.0333. The van der Waals surface area contributed by atoms with Gasteiger partial charge in [0.15, 0.2) is 0 Å². The molecular formula is C27H30N4O3. The van der Waals surface area contributed by atoms with Gasteiger partial charge in [0.05, 0.1) is 5.69 Å². The SMILES string of the molecule is CCc1cc(-c2cc(Oc3ccc(C=N)c(NC)c3)ccn2)ccc1C(=O)NC1CCOCC1. The Morgan fingerprint density at radius 2 is 1.94 bits per heavy atom. The Labute approximate surface area is 200 Å². The lowest BCUT2D eigenvalue weighted by Crippen LogP contribution is -2.39. The molecule has 1 aromatic heterocycles. The number of hydrogen-bond donors (Lipinski definition) is 3. The molecule has 3 N–H and O–H groups in total. The lowest BCUT2D eigenvalue weighted by atomic mass is 9.98. The first-order valence-electron chi connectivity index (χ1n) is 11.6. The van der Waals surface area contributed by atoms with Crippen LogP contribution in [0.15, 0.2) is 54.7 Å². The quantitative estimate of drug-likeness (QED) is 0.411. The number of pyridine rings is 1. The van der Waals surface area contributed by atoms with Crippen LogP contribution in [0.2, 0.25) is 0 Å². The molecule has 1 saturated heterocycles. The molecule has 4 rings (SSSR count). The summed E-state index contributed by atoms with van der Waals surface area (Å²) in [5, 5.41) is 13.7. The summed E-state index contributed by atoms with van der Waals surface area (Å²) in [6.45, 7) is 3.43. The zero-order valence-electron chi connectivity index (χ0n) is 19.6. The van der Waals surface area contributed by atoms with Crippen molar-refractivity contribution in [2.75, 3.05) is 25.6 Å². The Hall–Kier alpha value is -3.71. The molecule has 0 unspecified atom stereocenters. The minimum absolute atomic E-state index is 0.0333. The van der Waals surface area contributed by atoms with Gasteiger partial charge >= 0.3 is 0 Å². The van der Waals surface area contributed by atoms with Gasteiger partial charge in [-0.25, -0.2) is 0 Å². The molecule has 2 heterocycles. The fourth-order valence-electron chi connectivity index (χ4n) is 4.08. The normalized spacial score (nSPS) is 13.8. The highest BCUT2D eigenvalue weighted by Gasteiger charge is 2.19. The average Bonchev–Trinajstić information content (AvgIpc) is 2.89. The summed E-state index contributed by atoms with van der Waals surface area (Å²) >= 11 is 0. The number of aryl methyl sites for hydroxylation is 1. The third kappa shape index (κ3) is 5.43. The summed E-state index contributed by atoms with van der Waals surface area (Å²) in [7, 11) is 1.81. The van der Waals surface area contributed by atoms with E-state index in [0.717, 1.165) is 47.3 Å². The number of hydrogen-bond acceptors (Lipinski definition) is 6. The highest BCUT2D eigenvalue weighted by atomic mass is 16.5. The number of nitrogens with one attached hydrogen (secondary N) is 3. The number of benzene rings is 2. The van der Waals surface area contributed by atoms with E-state index in [1.165, 1.54) is 6.21 Å². The first kappa shape index (κ1) is 23.4. The van der Waals surface area contributed by atoms with Crippen LogP contribution in [0.1, 0.15) is 41.3 Å². The number of aromatic nitrogens is 1. The largest absolute Gasteiger partial charge is 0.457 e. The van der Waals surface area contributed by atoms with Crippen LogP contribution in [0.5, 0.6) is 11.5 Å². The molecule has 0 aliphatic carbocycles. The smallest absolute Gasteiger partial charge is 0.251 e. The fraction of sp³-hybridized carbons (Fsp3) is 0.296.